The topological polar surface area (TPSA) is 59.6 Å². The lowest BCUT2D eigenvalue weighted by Crippen LogP contribution is -2.39. The molecule has 1 amide bonds. The number of carbonyl (C=O) groups excluding carboxylic acids is 1. The van der Waals surface area contributed by atoms with Gasteiger partial charge in [-0.05, 0) is 55.2 Å². The van der Waals surface area contributed by atoms with Crippen molar-refractivity contribution in [1.29, 1.82) is 0 Å². The van der Waals surface area contributed by atoms with Gasteiger partial charge in [-0.1, -0.05) is 18.2 Å². The molecule has 0 radical (unpaired) electrons. The highest BCUT2D eigenvalue weighted by Crippen LogP contribution is 2.34. The van der Waals surface area contributed by atoms with Crippen molar-refractivity contribution >= 4 is 5.91 Å². The van der Waals surface area contributed by atoms with Gasteiger partial charge in [0.05, 0.1) is 0 Å². The number of hydrogen-bond donors (Lipinski definition) is 2. The average molecular weight is 356 g/mol. The van der Waals surface area contributed by atoms with Gasteiger partial charge in [-0.3, -0.25) is 10.1 Å². The van der Waals surface area contributed by atoms with Crippen molar-refractivity contribution in [2.24, 2.45) is 0 Å². The van der Waals surface area contributed by atoms with Gasteiger partial charge >= 0.3 is 0 Å². The lowest BCUT2D eigenvalue weighted by Gasteiger charge is -2.24. The van der Waals surface area contributed by atoms with Gasteiger partial charge in [0.1, 0.15) is 11.9 Å². The van der Waals surface area contributed by atoms with E-state index in [-0.39, 0.29) is 30.6 Å². The van der Waals surface area contributed by atoms with E-state index < -0.39 is 6.04 Å². The number of amides is 1. The fourth-order valence-electron chi connectivity index (χ4n) is 3.02. The van der Waals surface area contributed by atoms with Crippen molar-refractivity contribution < 1.29 is 18.7 Å². The molecule has 0 spiro atoms. The van der Waals surface area contributed by atoms with E-state index in [4.69, 9.17) is 9.47 Å². The van der Waals surface area contributed by atoms with E-state index in [2.05, 4.69) is 10.6 Å². The van der Waals surface area contributed by atoms with Gasteiger partial charge in [0.2, 0.25) is 12.7 Å². The number of benzene rings is 2. The lowest BCUT2D eigenvalue weighted by atomic mass is 10.0. The van der Waals surface area contributed by atoms with Gasteiger partial charge < -0.3 is 14.8 Å². The number of rotatable bonds is 6. The lowest BCUT2D eigenvalue weighted by molar-refractivity contribution is -0.123. The number of halogens is 1. The summed E-state index contributed by atoms with van der Waals surface area (Å²) >= 11 is 0. The molecule has 2 aromatic carbocycles. The van der Waals surface area contributed by atoms with Gasteiger partial charge in [-0.2, -0.15) is 0 Å². The van der Waals surface area contributed by atoms with Crippen LogP contribution in [0.4, 0.5) is 4.39 Å². The van der Waals surface area contributed by atoms with Gasteiger partial charge in [0.15, 0.2) is 11.5 Å². The molecule has 0 aromatic heterocycles. The molecule has 2 N–H and O–H groups in total. The first-order valence-corrected chi connectivity index (χ1v) is 8.81. The second-order valence-corrected chi connectivity index (χ2v) is 6.77. The molecular weight excluding hydrogens is 335 g/mol. The van der Waals surface area contributed by atoms with Crippen molar-refractivity contribution in [3.63, 3.8) is 0 Å². The van der Waals surface area contributed by atoms with Gasteiger partial charge in [0, 0.05) is 12.1 Å². The highest BCUT2D eigenvalue weighted by Gasteiger charge is 2.29. The second-order valence-electron chi connectivity index (χ2n) is 6.77. The Balaban J connectivity index is 1.54. The quantitative estimate of drug-likeness (QED) is 0.834. The van der Waals surface area contributed by atoms with Crippen LogP contribution in [0.25, 0.3) is 0 Å². The van der Waals surface area contributed by atoms with E-state index in [1.54, 1.807) is 12.1 Å². The largest absolute Gasteiger partial charge is 0.454 e. The second kappa shape index (κ2) is 6.96. The third-order valence-corrected chi connectivity index (χ3v) is 4.70. The summed E-state index contributed by atoms with van der Waals surface area (Å²) < 4.78 is 24.1. The molecule has 2 aliphatic rings. The highest BCUT2D eigenvalue weighted by molar-refractivity contribution is 5.83. The van der Waals surface area contributed by atoms with Crippen molar-refractivity contribution in [3.8, 4) is 11.5 Å². The smallest absolute Gasteiger partial charge is 0.241 e. The SMILES string of the molecule is C[C@@H](N[C@H](C(=O)NC1CC1)c1ccc(F)cc1)c1ccc2c(c1)OCO2. The van der Waals surface area contributed by atoms with E-state index in [0.717, 1.165) is 29.7 Å². The molecule has 1 aliphatic carbocycles. The molecule has 2 aromatic rings. The van der Waals surface area contributed by atoms with Crippen LogP contribution in [0.1, 0.15) is 43.0 Å². The van der Waals surface area contributed by atoms with E-state index in [1.165, 1.54) is 12.1 Å². The minimum Gasteiger partial charge on any atom is -0.454 e. The van der Waals surface area contributed by atoms with Crippen LogP contribution >= 0.6 is 0 Å². The minimum atomic E-state index is -0.559. The third-order valence-electron chi connectivity index (χ3n) is 4.70. The zero-order valence-electron chi connectivity index (χ0n) is 14.5. The van der Waals surface area contributed by atoms with Gasteiger partial charge in [-0.25, -0.2) is 4.39 Å². The maximum atomic E-state index is 13.3. The summed E-state index contributed by atoms with van der Waals surface area (Å²) in [6.45, 7) is 2.21. The molecule has 1 heterocycles. The zero-order valence-corrected chi connectivity index (χ0v) is 14.5. The van der Waals surface area contributed by atoms with Crippen LogP contribution in [0, 0.1) is 5.82 Å². The number of carbonyl (C=O) groups is 1. The van der Waals surface area contributed by atoms with Crippen LogP contribution in [-0.2, 0) is 4.79 Å². The van der Waals surface area contributed by atoms with Crippen molar-refractivity contribution in [2.45, 2.75) is 37.9 Å². The molecule has 1 saturated carbocycles. The van der Waals surface area contributed by atoms with Crippen molar-refractivity contribution in [3.05, 3.63) is 59.4 Å². The molecule has 4 rings (SSSR count). The zero-order chi connectivity index (χ0) is 18.1. The maximum absolute atomic E-state index is 13.3. The van der Waals surface area contributed by atoms with Crippen LogP contribution in [0.2, 0.25) is 0 Å². The fraction of sp³-hybridized carbons (Fsp3) is 0.350. The molecule has 5 nitrogen and oxygen atoms in total. The average Bonchev–Trinajstić information content (AvgIpc) is 3.32. The highest BCUT2D eigenvalue weighted by atomic mass is 19.1. The molecule has 1 aliphatic heterocycles. The number of ether oxygens (including phenoxy) is 2. The normalized spacial score (nSPS) is 17.6. The Labute approximate surface area is 151 Å². The summed E-state index contributed by atoms with van der Waals surface area (Å²) in [7, 11) is 0. The number of nitrogens with one attached hydrogen (secondary N) is 2. The predicted octanol–water partition coefficient (Wildman–Crippen LogP) is 3.22. The summed E-state index contributed by atoms with van der Waals surface area (Å²) in [5, 5.41) is 6.39. The summed E-state index contributed by atoms with van der Waals surface area (Å²) in [6, 6.07) is 11.4. The van der Waals surface area contributed by atoms with Crippen LogP contribution < -0.4 is 20.1 Å². The van der Waals surface area contributed by atoms with Crippen LogP contribution in [0.3, 0.4) is 0 Å². The fourth-order valence-corrected chi connectivity index (χ4v) is 3.02. The Hall–Kier alpha value is -2.60. The third kappa shape index (κ3) is 3.65. The summed E-state index contributed by atoms with van der Waals surface area (Å²) in [6.07, 6.45) is 2.03. The molecule has 2 atom stereocenters. The summed E-state index contributed by atoms with van der Waals surface area (Å²) in [5.74, 6) is 1.02. The molecule has 0 unspecified atom stereocenters. The summed E-state index contributed by atoms with van der Waals surface area (Å²) in [4.78, 5) is 12.7. The minimum absolute atomic E-state index is 0.0910. The Kier molecular flexibility index (Phi) is 4.51. The molecule has 0 saturated heterocycles. The molecule has 0 bridgehead atoms. The van der Waals surface area contributed by atoms with Crippen molar-refractivity contribution in [2.75, 3.05) is 6.79 Å². The Bertz CT molecular complexity index is 805. The van der Waals surface area contributed by atoms with Crippen molar-refractivity contribution in [1.82, 2.24) is 10.6 Å². The molecule has 1 fully saturated rings. The van der Waals surface area contributed by atoms with E-state index in [1.807, 2.05) is 25.1 Å². The van der Waals surface area contributed by atoms with E-state index in [9.17, 15) is 9.18 Å². The Morgan fingerprint density at radius 1 is 1.08 bits per heavy atom. The number of hydrogen-bond acceptors (Lipinski definition) is 4. The Morgan fingerprint density at radius 3 is 2.50 bits per heavy atom. The molecule has 6 heteroatoms. The standard InChI is InChI=1S/C20H21FN2O3/c1-12(14-4-9-17-18(10-14)26-11-25-17)22-19(20(24)23-16-7-8-16)13-2-5-15(21)6-3-13/h2-6,9-10,12,16,19,22H,7-8,11H2,1H3,(H,23,24)/t12-,19+/m1/s1. The van der Waals surface area contributed by atoms with Gasteiger partial charge in [-0.15, -0.1) is 0 Å². The first-order chi connectivity index (χ1) is 12.6. The monoisotopic (exact) mass is 356 g/mol. The first kappa shape index (κ1) is 16.8. The molecule has 26 heavy (non-hydrogen) atoms. The molecular formula is C20H21FN2O3. The van der Waals surface area contributed by atoms with Gasteiger partial charge in [0.25, 0.3) is 0 Å². The predicted molar refractivity (Wildman–Crippen MR) is 94.4 cm³/mol. The van der Waals surface area contributed by atoms with E-state index >= 15 is 0 Å². The van der Waals surface area contributed by atoms with Crippen LogP contribution in [0.5, 0.6) is 11.5 Å². The Morgan fingerprint density at radius 2 is 1.77 bits per heavy atom. The van der Waals surface area contributed by atoms with Crippen LogP contribution in [-0.4, -0.2) is 18.7 Å². The molecule has 136 valence electrons. The van der Waals surface area contributed by atoms with Crippen LogP contribution in [0.15, 0.2) is 42.5 Å². The maximum Gasteiger partial charge on any atom is 0.241 e. The summed E-state index contributed by atoms with van der Waals surface area (Å²) in [5.41, 5.74) is 1.72. The first-order valence-electron chi connectivity index (χ1n) is 8.81. The van der Waals surface area contributed by atoms with E-state index in [0.29, 0.717) is 5.75 Å². The number of fused-ring (bicyclic) bond motifs is 1.